The second-order valence-corrected chi connectivity index (χ2v) is 6.28. The van der Waals surface area contributed by atoms with Crippen LogP contribution in [0.5, 0.6) is 0 Å². The van der Waals surface area contributed by atoms with Gasteiger partial charge in [-0.05, 0) is 61.0 Å². The Morgan fingerprint density at radius 1 is 1.04 bits per heavy atom. The Hall–Kier alpha value is -2.66. The lowest BCUT2D eigenvalue weighted by molar-refractivity contribution is 0.920. The van der Waals surface area contributed by atoms with Crippen molar-refractivity contribution in [2.75, 3.05) is 5.32 Å². The second-order valence-electron chi connectivity index (χ2n) is 5.87. The second kappa shape index (κ2) is 7.94. The summed E-state index contributed by atoms with van der Waals surface area (Å²) in [4.78, 5) is 4.25. The zero-order chi connectivity index (χ0) is 17.6. The fourth-order valence-electron chi connectivity index (χ4n) is 2.61. The number of thiocarbonyl (C=S) groups is 1. The molecule has 0 aliphatic heterocycles. The summed E-state index contributed by atoms with van der Waals surface area (Å²) in [6.45, 7) is 4.82. The monoisotopic (exact) mass is 350 g/mol. The van der Waals surface area contributed by atoms with Crippen LogP contribution >= 0.6 is 12.2 Å². The zero-order valence-corrected chi connectivity index (χ0v) is 15.3. The number of benzene rings is 2. The number of anilines is 1. The van der Waals surface area contributed by atoms with Crippen LogP contribution in [0.25, 0.3) is 5.69 Å². The smallest absolute Gasteiger partial charge is 0.171 e. The van der Waals surface area contributed by atoms with Crippen LogP contribution in [0, 0.1) is 6.92 Å². The van der Waals surface area contributed by atoms with E-state index in [1.165, 1.54) is 11.1 Å². The topological polar surface area (TPSA) is 41.9 Å². The number of rotatable bonds is 5. The molecule has 3 aromatic rings. The molecule has 0 amide bonds. The van der Waals surface area contributed by atoms with Crippen LogP contribution in [0.15, 0.2) is 60.9 Å². The van der Waals surface area contributed by atoms with E-state index in [1.54, 1.807) is 0 Å². The van der Waals surface area contributed by atoms with E-state index in [0.717, 1.165) is 23.6 Å². The number of aryl methyl sites for hydroxylation is 2. The molecule has 0 aliphatic carbocycles. The lowest BCUT2D eigenvalue weighted by Gasteiger charge is -2.12. The molecule has 0 unspecified atom stereocenters. The molecule has 0 radical (unpaired) electrons. The Labute approximate surface area is 153 Å². The molecule has 2 N–H and O–H groups in total. The van der Waals surface area contributed by atoms with Gasteiger partial charge in [0.15, 0.2) is 5.11 Å². The van der Waals surface area contributed by atoms with Gasteiger partial charge in [-0.2, -0.15) is 0 Å². The summed E-state index contributed by atoms with van der Waals surface area (Å²) in [5, 5.41) is 7.08. The van der Waals surface area contributed by atoms with Crippen molar-refractivity contribution in [2.45, 2.75) is 26.8 Å². The molecule has 5 heteroatoms. The first-order valence-electron chi connectivity index (χ1n) is 8.39. The molecule has 0 bridgehead atoms. The lowest BCUT2D eigenvalue weighted by atomic mass is 10.1. The summed E-state index contributed by atoms with van der Waals surface area (Å²) >= 11 is 5.37. The number of hydrogen-bond acceptors (Lipinski definition) is 2. The molecule has 128 valence electrons. The number of nitrogens with zero attached hydrogens (tertiary/aromatic N) is 2. The minimum absolute atomic E-state index is 0.624. The molecule has 3 rings (SSSR count). The maximum atomic E-state index is 5.37. The van der Waals surface area contributed by atoms with Gasteiger partial charge in [0.2, 0.25) is 0 Å². The van der Waals surface area contributed by atoms with E-state index in [0.29, 0.717) is 11.7 Å². The normalized spacial score (nSPS) is 10.5. The molecule has 1 heterocycles. The van der Waals surface area contributed by atoms with Crippen LogP contribution < -0.4 is 10.6 Å². The molecule has 0 atom stereocenters. The first kappa shape index (κ1) is 17.2. The molecule has 0 aliphatic rings. The van der Waals surface area contributed by atoms with Gasteiger partial charge < -0.3 is 15.2 Å². The van der Waals surface area contributed by atoms with Crippen LogP contribution in [0.1, 0.15) is 23.9 Å². The summed E-state index contributed by atoms with van der Waals surface area (Å²) in [5.74, 6) is 0.977. The molecule has 0 fully saturated rings. The maximum Gasteiger partial charge on any atom is 0.171 e. The fraction of sp³-hybridized carbons (Fsp3) is 0.200. The van der Waals surface area contributed by atoms with E-state index >= 15 is 0 Å². The van der Waals surface area contributed by atoms with Crippen molar-refractivity contribution in [1.29, 1.82) is 0 Å². The van der Waals surface area contributed by atoms with Gasteiger partial charge in [0.05, 0.1) is 0 Å². The van der Waals surface area contributed by atoms with Gasteiger partial charge in [0, 0.05) is 30.3 Å². The maximum absolute atomic E-state index is 5.37. The molecule has 4 nitrogen and oxygen atoms in total. The molecule has 1 aromatic heterocycles. The minimum Gasteiger partial charge on any atom is -0.358 e. The summed E-state index contributed by atoms with van der Waals surface area (Å²) in [5.41, 5.74) is 4.60. The highest BCUT2D eigenvalue weighted by Crippen LogP contribution is 2.12. The Morgan fingerprint density at radius 2 is 1.72 bits per heavy atom. The van der Waals surface area contributed by atoms with Gasteiger partial charge in [0.25, 0.3) is 0 Å². The van der Waals surface area contributed by atoms with Crippen molar-refractivity contribution < 1.29 is 0 Å². The number of imidazole rings is 1. The number of aromatic nitrogens is 2. The first-order chi connectivity index (χ1) is 12.2. The van der Waals surface area contributed by atoms with Crippen molar-refractivity contribution in [2.24, 2.45) is 0 Å². The third-order valence-electron chi connectivity index (χ3n) is 4.11. The predicted octanol–water partition coefficient (Wildman–Crippen LogP) is 4.23. The summed E-state index contributed by atoms with van der Waals surface area (Å²) in [6.07, 6.45) is 4.81. The van der Waals surface area contributed by atoms with Crippen molar-refractivity contribution in [3.05, 3.63) is 77.9 Å². The van der Waals surface area contributed by atoms with E-state index in [2.05, 4.69) is 75.6 Å². The predicted molar refractivity (Wildman–Crippen MR) is 107 cm³/mol. The molecular formula is C20H22N4S. The van der Waals surface area contributed by atoms with Gasteiger partial charge in [-0.1, -0.05) is 31.2 Å². The van der Waals surface area contributed by atoms with E-state index in [-0.39, 0.29) is 0 Å². The number of hydrogen-bond donors (Lipinski definition) is 2. The van der Waals surface area contributed by atoms with Gasteiger partial charge in [-0.25, -0.2) is 4.98 Å². The average Bonchev–Trinajstić information content (AvgIpc) is 3.07. The molecule has 2 aromatic carbocycles. The largest absolute Gasteiger partial charge is 0.358 e. The van der Waals surface area contributed by atoms with Gasteiger partial charge in [0.1, 0.15) is 5.82 Å². The minimum atomic E-state index is 0.624. The highest BCUT2D eigenvalue weighted by molar-refractivity contribution is 7.80. The molecule has 25 heavy (non-hydrogen) atoms. The standard InChI is InChI=1S/C20H22N4S/c1-3-16-4-8-18(9-5-16)23-20(25)22-14-17-6-10-19(11-7-17)24-13-12-21-15(24)2/h4-13H,3,14H2,1-2H3,(H2,22,23,25). The van der Waals surface area contributed by atoms with E-state index in [1.807, 2.05) is 19.3 Å². The highest BCUT2D eigenvalue weighted by Gasteiger charge is 2.02. The Balaban J connectivity index is 1.54. The van der Waals surface area contributed by atoms with Crippen molar-refractivity contribution in [3.63, 3.8) is 0 Å². The van der Waals surface area contributed by atoms with Crippen molar-refractivity contribution in [3.8, 4) is 5.69 Å². The zero-order valence-electron chi connectivity index (χ0n) is 14.5. The highest BCUT2D eigenvalue weighted by atomic mass is 32.1. The van der Waals surface area contributed by atoms with E-state index in [4.69, 9.17) is 12.2 Å². The lowest BCUT2D eigenvalue weighted by Crippen LogP contribution is -2.27. The molecule has 0 spiro atoms. The fourth-order valence-corrected chi connectivity index (χ4v) is 2.80. The van der Waals surface area contributed by atoms with Crippen LogP contribution in [0.2, 0.25) is 0 Å². The van der Waals surface area contributed by atoms with Crippen LogP contribution in [0.3, 0.4) is 0 Å². The van der Waals surface area contributed by atoms with Crippen LogP contribution in [-0.2, 0) is 13.0 Å². The van der Waals surface area contributed by atoms with Crippen molar-refractivity contribution in [1.82, 2.24) is 14.9 Å². The van der Waals surface area contributed by atoms with Crippen LogP contribution in [0.4, 0.5) is 5.69 Å². The molecular weight excluding hydrogens is 328 g/mol. The van der Waals surface area contributed by atoms with Crippen LogP contribution in [-0.4, -0.2) is 14.7 Å². The number of nitrogens with one attached hydrogen (secondary N) is 2. The van der Waals surface area contributed by atoms with E-state index in [9.17, 15) is 0 Å². The summed E-state index contributed by atoms with van der Waals surface area (Å²) < 4.78 is 2.06. The van der Waals surface area contributed by atoms with Gasteiger partial charge in [-0.15, -0.1) is 0 Å². The Kier molecular flexibility index (Phi) is 5.46. The third kappa shape index (κ3) is 4.45. The summed E-state index contributed by atoms with van der Waals surface area (Å²) in [7, 11) is 0. The molecule has 0 saturated carbocycles. The van der Waals surface area contributed by atoms with Gasteiger partial charge in [-0.3, -0.25) is 0 Å². The molecule has 0 saturated heterocycles. The average molecular weight is 350 g/mol. The summed E-state index contributed by atoms with van der Waals surface area (Å²) in [6, 6.07) is 16.7. The van der Waals surface area contributed by atoms with Crippen molar-refractivity contribution >= 4 is 23.0 Å². The third-order valence-corrected chi connectivity index (χ3v) is 4.36. The SMILES string of the molecule is CCc1ccc(NC(=S)NCc2ccc(-n3ccnc3C)cc2)cc1. The van der Waals surface area contributed by atoms with E-state index < -0.39 is 0 Å². The van der Waals surface area contributed by atoms with Gasteiger partial charge >= 0.3 is 0 Å². The first-order valence-corrected chi connectivity index (χ1v) is 8.79. The quantitative estimate of drug-likeness (QED) is 0.676. The Bertz CT molecular complexity index is 835. The Morgan fingerprint density at radius 3 is 2.32 bits per heavy atom.